The van der Waals surface area contributed by atoms with E-state index < -0.39 is 6.10 Å². The fraction of sp³-hybridized carbons (Fsp3) is 0.712. The third-order valence-corrected chi connectivity index (χ3v) is 12.9. The van der Waals surface area contributed by atoms with Crippen LogP contribution in [-0.2, 0) is 28.6 Å². The van der Waals surface area contributed by atoms with Gasteiger partial charge in [-0.15, -0.1) is 0 Å². The number of carbonyl (C=O) groups is 3. The molecule has 6 heteroatoms. The lowest BCUT2D eigenvalue weighted by Gasteiger charge is -2.18. The van der Waals surface area contributed by atoms with Gasteiger partial charge in [0.15, 0.2) is 6.10 Å². The summed E-state index contributed by atoms with van der Waals surface area (Å²) in [5, 5.41) is 0. The van der Waals surface area contributed by atoms with Crippen molar-refractivity contribution >= 4 is 17.9 Å². The van der Waals surface area contributed by atoms with E-state index in [1.54, 1.807) is 0 Å². The van der Waals surface area contributed by atoms with Crippen LogP contribution in [0.4, 0.5) is 0 Å². The Kier molecular flexibility index (Phi) is 56.8. The van der Waals surface area contributed by atoms with E-state index in [2.05, 4.69) is 118 Å². The summed E-state index contributed by atoms with van der Waals surface area (Å²) in [6.45, 7) is 6.51. The molecule has 0 aliphatic carbocycles. The first-order chi connectivity index (χ1) is 35.5. The van der Waals surface area contributed by atoms with Crippen LogP contribution in [0.2, 0.25) is 0 Å². The van der Waals surface area contributed by atoms with Crippen LogP contribution in [-0.4, -0.2) is 37.2 Å². The number of esters is 3. The fourth-order valence-corrected chi connectivity index (χ4v) is 8.34. The van der Waals surface area contributed by atoms with Crippen LogP contribution < -0.4 is 0 Å². The number of hydrogen-bond donors (Lipinski definition) is 0. The number of allylic oxidation sites excluding steroid dienone is 16. The lowest BCUT2D eigenvalue weighted by molar-refractivity contribution is -0.167. The molecule has 0 aromatic carbocycles. The highest BCUT2D eigenvalue weighted by Crippen LogP contribution is 2.16. The first-order valence-electron chi connectivity index (χ1n) is 30.2. The maximum atomic E-state index is 12.8. The normalized spacial score (nSPS) is 12.8. The molecular weight excluding hydrogens is 889 g/mol. The molecule has 0 aromatic rings. The van der Waals surface area contributed by atoms with Crippen molar-refractivity contribution in [3.05, 3.63) is 97.2 Å². The zero-order chi connectivity index (χ0) is 52.2. The number of unbranched alkanes of at least 4 members (excludes halogenated alkanes) is 27. The zero-order valence-electron chi connectivity index (χ0n) is 47.2. The van der Waals surface area contributed by atoms with Gasteiger partial charge in [0.05, 0.1) is 0 Å². The van der Waals surface area contributed by atoms with Crippen molar-refractivity contribution in [1.29, 1.82) is 0 Å². The van der Waals surface area contributed by atoms with E-state index in [9.17, 15) is 14.4 Å². The fourth-order valence-electron chi connectivity index (χ4n) is 8.34. The lowest BCUT2D eigenvalue weighted by atomic mass is 10.0. The second-order valence-corrected chi connectivity index (χ2v) is 19.9. The SMILES string of the molecule is CC/C=C\C/C=C\C/C=C\C/C=C\C/C=C\C/C=C\C/C=C\C/C=C\CCCCCCC(=O)OCC(COC(=O)CCCCCCCCCCCCCC)OC(=O)CCCCCCCCCCCCCCC. The van der Waals surface area contributed by atoms with Gasteiger partial charge in [-0.05, 0) is 83.5 Å². The highest BCUT2D eigenvalue weighted by atomic mass is 16.6. The van der Waals surface area contributed by atoms with Crippen LogP contribution in [0.3, 0.4) is 0 Å². The van der Waals surface area contributed by atoms with Crippen LogP contribution in [0.15, 0.2) is 97.2 Å². The van der Waals surface area contributed by atoms with E-state index in [1.165, 1.54) is 122 Å². The molecule has 0 spiro atoms. The molecule has 0 saturated carbocycles. The summed E-state index contributed by atoms with van der Waals surface area (Å²) in [6.07, 6.45) is 79.7. The number of rotatable bonds is 54. The minimum atomic E-state index is -0.785. The summed E-state index contributed by atoms with van der Waals surface area (Å²) in [5.74, 6) is -0.901. The summed E-state index contributed by atoms with van der Waals surface area (Å²) >= 11 is 0. The Morgan fingerprint density at radius 3 is 0.847 bits per heavy atom. The molecule has 0 aliphatic rings. The second-order valence-electron chi connectivity index (χ2n) is 19.9. The molecule has 6 nitrogen and oxygen atoms in total. The van der Waals surface area contributed by atoms with Gasteiger partial charge in [-0.2, -0.15) is 0 Å². The predicted molar refractivity (Wildman–Crippen MR) is 311 cm³/mol. The van der Waals surface area contributed by atoms with Gasteiger partial charge >= 0.3 is 17.9 Å². The van der Waals surface area contributed by atoms with E-state index in [0.717, 1.165) is 122 Å². The standard InChI is InChI=1S/C66H112O6/c1-4-7-10-13-16-19-22-25-26-27-28-29-30-31-32-33-34-35-36-37-38-39-40-42-44-47-50-53-56-59-65(68)71-62-63(61-70-64(67)58-55-52-49-46-43-24-21-18-15-12-9-6-3)72-66(69)60-57-54-51-48-45-41-23-20-17-14-11-8-5-2/h7,10,16,19,25-26,28-29,31-32,34-35,37-38,40,42,63H,4-6,8-9,11-15,17-18,20-24,27,30,33,36,39,41,43-62H2,1-3H3/b10-7-,19-16-,26-25-,29-28-,32-31-,35-34-,38-37-,42-40-. The first kappa shape index (κ1) is 68.3. The molecule has 0 fully saturated rings. The van der Waals surface area contributed by atoms with Crippen molar-refractivity contribution < 1.29 is 28.6 Å². The van der Waals surface area contributed by atoms with Gasteiger partial charge in [-0.3, -0.25) is 14.4 Å². The quantitative estimate of drug-likeness (QED) is 0.0261. The maximum absolute atomic E-state index is 12.8. The Labute approximate surface area is 445 Å². The van der Waals surface area contributed by atoms with Gasteiger partial charge < -0.3 is 14.2 Å². The molecule has 0 radical (unpaired) electrons. The number of hydrogen-bond acceptors (Lipinski definition) is 6. The van der Waals surface area contributed by atoms with E-state index in [4.69, 9.17) is 14.2 Å². The Morgan fingerprint density at radius 2 is 0.542 bits per heavy atom. The topological polar surface area (TPSA) is 78.9 Å². The molecule has 72 heavy (non-hydrogen) atoms. The molecule has 1 unspecified atom stereocenters. The molecule has 0 heterocycles. The monoisotopic (exact) mass is 1000 g/mol. The zero-order valence-corrected chi connectivity index (χ0v) is 47.2. The molecule has 412 valence electrons. The van der Waals surface area contributed by atoms with Crippen LogP contribution >= 0.6 is 0 Å². The summed E-state index contributed by atoms with van der Waals surface area (Å²) < 4.78 is 16.8. The van der Waals surface area contributed by atoms with Gasteiger partial charge in [0.2, 0.25) is 0 Å². The molecule has 0 rings (SSSR count). The van der Waals surface area contributed by atoms with Crippen LogP contribution in [0.5, 0.6) is 0 Å². The maximum Gasteiger partial charge on any atom is 0.306 e. The van der Waals surface area contributed by atoms with Crippen molar-refractivity contribution in [3.8, 4) is 0 Å². The van der Waals surface area contributed by atoms with Crippen molar-refractivity contribution in [3.63, 3.8) is 0 Å². The first-order valence-corrected chi connectivity index (χ1v) is 30.2. The summed E-state index contributed by atoms with van der Waals surface area (Å²) in [6, 6.07) is 0. The summed E-state index contributed by atoms with van der Waals surface area (Å²) in [7, 11) is 0. The second kappa shape index (κ2) is 59.9. The van der Waals surface area contributed by atoms with Gasteiger partial charge in [0.25, 0.3) is 0 Å². The van der Waals surface area contributed by atoms with Crippen molar-refractivity contribution in [2.75, 3.05) is 13.2 Å². The molecule has 0 aromatic heterocycles. The smallest absolute Gasteiger partial charge is 0.306 e. The third-order valence-electron chi connectivity index (χ3n) is 12.9. The van der Waals surface area contributed by atoms with Crippen LogP contribution in [0.1, 0.15) is 284 Å². The Bertz CT molecular complexity index is 1430. The minimum absolute atomic E-state index is 0.0818. The van der Waals surface area contributed by atoms with E-state index in [-0.39, 0.29) is 31.1 Å². The molecule has 0 aliphatic heterocycles. The largest absolute Gasteiger partial charge is 0.462 e. The molecule has 1 atom stereocenters. The van der Waals surface area contributed by atoms with Gasteiger partial charge in [-0.25, -0.2) is 0 Å². The van der Waals surface area contributed by atoms with Crippen LogP contribution in [0.25, 0.3) is 0 Å². The van der Waals surface area contributed by atoms with Crippen molar-refractivity contribution in [1.82, 2.24) is 0 Å². The molecule has 0 amide bonds. The molecule has 0 saturated heterocycles. The molecule has 0 bridgehead atoms. The Balaban J connectivity index is 4.31. The number of carbonyl (C=O) groups excluding carboxylic acids is 3. The Hall–Kier alpha value is -3.67. The van der Waals surface area contributed by atoms with Crippen molar-refractivity contribution in [2.45, 2.75) is 290 Å². The van der Waals surface area contributed by atoms with Gasteiger partial charge in [0.1, 0.15) is 13.2 Å². The van der Waals surface area contributed by atoms with Crippen LogP contribution in [0, 0.1) is 0 Å². The predicted octanol–water partition coefficient (Wildman–Crippen LogP) is 20.5. The molecule has 0 N–H and O–H groups in total. The van der Waals surface area contributed by atoms with Crippen molar-refractivity contribution in [2.24, 2.45) is 0 Å². The third kappa shape index (κ3) is 57.2. The lowest BCUT2D eigenvalue weighted by Crippen LogP contribution is -2.30. The van der Waals surface area contributed by atoms with E-state index >= 15 is 0 Å². The average Bonchev–Trinajstić information content (AvgIpc) is 3.38. The Morgan fingerprint density at radius 1 is 0.292 bits per heavy atom. The molecular formula is C66H112O6. The average molecular weight is 1000 g/mol. The van der Waals surface area contributed by atoms with E-state index in [1.807, 2.05) is 0 Å². The summed E-state index contributed by atoms with van der Waals surface area (Å²) in [4.78, 5) is 38.1. The highest BCUT2D eigenvalue weighted by molar-refractivity contribution is 5.71. The van der Waals surface area contributed by atoms with Gasteiger partial charge in [-0.1, -0.05) is 279 Å². The minimum Gasteiger partial charge on any atom is -0.462 e. The van der Waals surface area contributed by atoms with E-state index in [0.29, 0.717) is 19.3 Å². The highest BCUT2D eigenvalue weighted by Gasteiger charge is 2.19. The van der Waals surface area contributed by atoms with Gasteiger partial charge in [0, 0.05) is 19.3 Å². The summed E-state index contributed by atoms with van der Waals surface area (Å²) in [5.41, 5.74) is 0. The number of ether oxygens (including phenoxy) is 3.